The number of anilines is 1. The first-order valence-corrected chi connectivity index (χ1v) is 5.24. The average molecular weight is 227 g/mol. The molecule has 0 aliphatic rings. The summed E-state index contributed by atoms with van der Waals surface area (Å²) in [6, 6.07) is 8.93. The number of urea groups is 1. The van der Waals surface area contributed by atoms with Gasteiger partial charge in [-0.25, -0.2) is 4.79 Å². The van der Waals surface area contributed by atoms with Gasteiger partial charge >= 0.3 is 6.03 Å². The van der Waals surface area contributed by atoms with E-state index in [-0.39, 0.29) is 0 Å². The number of aryl methyl sites for hydroxylation is 1. The minimum Gasteiger partial charge on any atom is -0.351 e. The fraction of sp³-hybridized carbons (Fsp3) is 0.0769. The Morgan fingerprint density at radius 3 is 2.82 bits per heavy atom. The van der Waals surface area contributed by atoms with Crippen molar-refractivity contribution < 1.29 is 4.79 Å². The molecule has 0 atom stereocenters. The van der Waals surface area contributed by atoms with Gasteiger partial charge in [0.15, 0.2) is 0 Å². The van der Waals surface area contributed by atoms with Crippen LogP contribution in [0, 0.1) is 6.92 Å². The smallest absolute Gasteiger partial charge is 0.316 e. The summed E-state index contributed by atoms with van der Waals surface area (Å²) in [7, 11) is 0. The molecule has 2 rings (SSSR count). The Morgan fingerprint density at radius 1 is 1.35 bits per heavy atom. The van der Waals surface area contributed by atoms with Crippen LogP contribution in [0.3, 0.4) is 0 Å². The van der Waals surface area contributed by atoms with Crippen molar-refractivity contribution in [2.45, 2.75) is 6.92 Å². The zero-order valence-corrected chi connectivity index (χ0v) is 9.47. The molecule has 1 heterocycles. The van der Waals surface area contributed by atoms with Crippen LogP contribution in [0.25, 0.3) is 11.1 Å². The molecule has 17 heavy (non-hydrogen) atoms. The second kappa shape index (κ2) is 4.65. The predicted molar refractivity (Wildman–Crippen MR) is 67.6 cm³/mol. The van der Waals surface area contributed by atoms with Crippen molar-refractivity contribution in [3.63, 3.8) is 0 Å². The summed E-state index contributed by atoms with van der Waals surface area (Å²) in [5.74, 6) is 0. The van der Waals surface area contributed by atoms with Gasteiger partial charge in [0.05, 0.1) is 0 Å². The van der Waals surface area contributed by atoms with Crippen LogP contribution in [-0.4, -0.2) is 11.0 Å². The highest BCUT2D eigenvalue weighted by molar-refractivity contribution is 5.89. The number of amides is 2. The van der Waals surface area contributed by atoms with Gasteiger partial charge in [0.2, 0.25) is 0 Å². The topological polar surface area (TPSA) is 68.0 Å². The van der Waals surface area contributed by atoms with Gasteiger partial charge in [0.1, 0.15) is 0 Å². The van der Waals surface area contributed by atoms with Crippen molar-refractivity contribution in [3.8, 4) is 11.1 Å². The number of nitrogens with one attached hydrogen (secondary N) is 1. The van der Waals surface area contributed by atoms with Crippen LogP contribution in [0.15, 0.2) is 42.7 Å². The molecule has 2 aromatic rings. The largest absolute Gasteiger partial charge is 0.351 e. The summed E-state index contributed by atoms with van der Waals surface area (Å²) in [5.41, 5.74) is 8.93. The lowest BCUT2D eigenvalue weighted by atomic mass is 10.0. The van der Waals surface area contributed by atoms with Crippen LogP contribution in [0.1, 0.15) is 5.56 Å². The maximum Gasteiger partial charge on any atom is 0.316 e. The standard InChI is InChI=1S/C13H13N3O/c1-9-4-5-11(16-13(14)17)7-12(9)10-3-2-6-15-8-10/h2-8H,1H3,(H3,14,16,17). The molecule has 86 valence electrons. The Hall–Kier alpha value is -2.36. The van der Waals surface area contributed by atoms with E-state index in [9.17, 15) is 4.79 Å². The zero-order valence-electron chi connectivity index (χ0n) is 9.47. The van der Waals surface area contributed by atoms with Gasteiger partial charge in [-0.05, 0) is 36.2 Å². The maximum absolute atomic E-state index is 10.8. The Kier molecular flexibility index (Phi) is 3.05. The molecule has 0 fully saturated rings. The van der Waals surface area contributed by atoms with Crippen molar-refractivity contribution in [1.29, 1.82) is 0 Å². The van der Waals surface area contributed by atoms with Gasteiger partial charge in [-0.1, -0.05) is 12.1 Å². The van der Waals surface area contributed by atoms with Crippen LogP contribution >= 0.6 is 0 Å². The Morgan fingerprint density at radius 2 is 2.18 bits per heavy atom. The van der Waals surface area contributed by atoms with Crippen molar-refractivity contribution in [2.75, 3.05) is 5.32 Å². The highest BCUT2D eigenvalue weighted by Gasteiger charge is 2.04. The third kappa shape index (κ3) is 2.60. The summed E-state index contributed by atoms with van der Waals surface area (Å²) >= 11 is 0. The van der Waals surface area contributed by atoms with Gasteiger partial charge in [0, 0.05) is 23.6 Å². The fourth-order valence-electron chi connectivity index (χ4n) is 1.68. The minimum atomic E-state index is -0.564. The molecule has 0 aliphatic heterocycles. The summed E-state index contributed by atoms with van der Waals surface area (Å²) in [4.78, 5) is 14.9. The average Bonchev–Trinajstić information content (AvgIpc) is 2.32. The fourth-order valence-corrected chi connectivity index (χ4v) is 1.68. The highest BCUT2D eigenvalue weighted by Crippen LogP contribution is 2.25. The van der Waals surface area contributed by atoms with E-state index in [0.717, 1.165) is 16.7 Å². The second-order valence-electron chi connectivity index (χ2n) is 3.76. The third-order valence-corrected chi connectivity index (χ3v) is 2.48. The van der Waals surface area contributed by atoms with Crippen molar-refractivity contribution in [3.05, 3.63) is 48.3 Å². The van der Waals surface area contributed by atoms with Crippen LogP contribution in [0.5, 0.6) is 0 Å². The first-order chi connectivity index (χ1) is 8.16. The summed E-state index contributed by atoms with van der Waals surface area (Å²) in [5, 5.41) is 2.56. The Balaban J connectivity index is 2.43. The van der Waals surface area contributed by atoms with E-state index >= 15 is 0 Å². The summed E-state index contributed by atoms with van der Waals surface area (Å²) < 4.78 is 0. The number of benzene rings is 1. The van der Waals surface area contributed by atoms with Gasteiger partial charge in [-0.3, -0.25) is 4.98 Å². The molecule has 3 N–H and O–H groups in total. The van der Waals surface area contributed by atoms with Gasteiger partial charge in [0.25, 0.3) is 0 Å². The van der Waals surface area contributed by atoms with E-state index < -0.39 is 6.03 Å². The van der Waals surface area contributed by atoms with Gasteiger partial charge in [-0.15, -0.1) is 0 Å². The molecule has 0 saturated heterocycles. The first kappa shape index (κ1) is 11.1. The molecule has 2 amide bonds. The lowest BCUT2D eigenvalue weighted by molar-refractivity contribution is 0.259. The van der Waals surface area contributed by atoms with Gasteiger partial charge < -0.3 is 11.1 Å². The zero-order chi connectivity index (χ0) is 12.3. The number of carbonyl (C=O) groups excluding carboxylic acids is 1. The Bertz CT molecular complexity index is 538. The maximum atomic E-state index is 10.8. The second-order valence-corrected chi connectivity index (χ2v) is 3.76. The molecule has 0 unspecified atom stereocenters. The van der Waals surface area contributed by atoms with E-state index in [0.29, 0.717) is 5.69 Å². The number of hydrogen-bond donors (Lipinski definition) is 2. The summed E-state index contributed by atoms with van der Waals surface area (Å²) in [6.45, 7) is 2.01. The van der Waals surface area contributed by atoms with E-state index in [1.54, 1.807) is 12.4 Å². The molecule has 0 saturated carbocycles. The molecular weight excluding hydrogens is 214 g/mol. The molecular formula is C13H13N3O. The number of carbonyl (C=O) groups is 1. The number of primary amides is 1. The number of pyridine rings is 1. The minimum absolute atomic E-state index is 0.564. The van der Waals surface area contributed by atoms with Gasteiger partial charge in [-0.2, -0.15) is 0 Å². The Labute approximate surface area is 99.5 Å². The predicted octanol–water partition coefficient (Wildman–Crippen LogP) is 2.55. The van der Waals surface area contributed by atoms with Crippen LogP contribution in [-0.2, 0) is 0 Å². The van der Waals surface area contributed by atoms with E-state index in [4.69, 9.17) is 5.73 Å². The van der Waals surface area contributed by atoms with E-state index in [1.807, 2.05) is 37.3 Å². The highest BCUT2D eigenvalue weighted by atomic mass is 16.2. The van der Waals surface area contributed by atoms with Crippen molar-refractivity contribution >= 4 is 11.7 Å². The van der Waals surface area contributed by atoms with E-state index in [1.165, 1.54) is 0 Å². The lowest BCUT2D eigenvalue weighted by Crippen LogP contribution is -2.19. The number of nitrogens with two attached hydrogens (primary N) is 1. The molecule has 4 nitrogen and oxygen atoms in total. The number of aromatic nitrogens is 1. The first-order valence-electron chi connectivity index (χ1n) is 5.24. The van der Waals surface area contributed by atoms with E-state index in [2.05, 4.69) is 10.3 Å². The van der Waals surface area contributed by atoms with Crippen LogP contribution in [0.2, 0.25) is 0 Å². The lowest BCUT2D eigenvalue weighted by Gasteiger charge is -2.08. The SMILES string of the molecule is Cc1ccc(NC(N)=O)cc1-c1cccnc1. The molecule has 4 heteroatoms. The van der Waals surface area contributed by atoms with Crippen molar-refractivity contribution in [1.82, 2.24) is 4.98 Å². The third-order valence-electron chi connectivity index (χ3n) is 2.48. The van der Waals surface area contributed by atoms with Crippen LogP contribution < -0.4 is 11.1 Å². The molecule has 0 aliphatic carbocycles. The van der Waals surface area contributed by atoms with Crippen LogP contribution in [0.4, 0.5) is 10.5 Å². The number of nitrogens with zero attached hydrogens (tertiary/aromatic N) is 1. The normalized spacial score (nSPS) is 9.94. The summed E-state index contributed by atoms with van der Waals surface area (Å²) in [6.07, 6.45) is 3.51. The molecule has 1 aromatic heterocycles. The molecule has 1 aromatic carbocycles. The number of hydrogen-bond acceptors (Lipinski definition) is 2. The monoisotopic (exact) mass is 227 g/mol. The van der Waals surface area contributed by atoms with Crippen molar-refractivity contribution in [2.24, 2.45) is 5.73 Å². The molecule has 0 spiro atoms. The molecule has 0 radical (unpaired) electrons. The molecule has 0 bridgehead atoms. The number of rotatable bonds is 2. The quantitative estimate of drug-likeness (QED) is 0.827.